The van der Waals surface area contributed by atoms with Crippen molar-refractivity contribution in [1.29, 1.82) is 0 Å². The molecule has 2 aromatic rings. The lowest BCUT2D eigenvalue weighted by atomic mass is 9.92. The van der Waals surface area contributed by atoms with Crippen LogP contribution in [-0.4, -0.2) is 6.61 Å². The van der Waals surface area contributed by atoms with Crippen molar-refractivity contribution in [2.75, 3.05) is 6.61 Å². The Bertz CT molecular complexity index is 757. The molecule has 0 fully saturated rings. The third-order valence-electron chi connectivity index (χ3n) is 5.56. The molecule has 1 heteroatoms. The van der Waals surface area contributed by atoms with Crippen LogP contribution in [-0.2, 0) is 19.3 Å². The van der Waals surface area contributed by atoms with Crippen LogP contribution in [0.5, 0.6) is 5.75 Å². The fourth-order valence-electron chi connectivity index (χ4n) is 3.96. The molecule has 0 unspecified atom stereocenters. The van der Waals surface area contributed by atoms with E-state index < -0.39 is 0 Å². The van der Waals surface area contributed by atoms with Crippen LogP contribution in [0.1, 0.15) is 80.2 Å². The van der Waals surface area contributed by atoms with E-state index in [-0.39, 0.29) is 0 Å². The van der Waals surface area contributed by atoms with Crippen molar-refractivity contribution < 1.29 is 4.74 Å². The van der Waals surface area contributed by atoms with E-state index in [1.807, 2.05) is 0 Å². The van der Waals surface area contributed by atoms with Crippen LogP contribution in [0.4, 0.5) is 0 Å². The summed E-state index contributed by atoms with van der Waals surface area (Å²) in [5.41, 5.74) is 7.15. The molecule has 144 valence electrons. The minimum absolute atomic E-state index is 0.823. The summed E-state index contributed by atoms with van der Waals surface area (Å²) in [6, 6.07) is 13.4. The van der Waals surface area contributed by atoms with Gasteiger partial charge in [0.05, 0.1) is 6.61 Å². The molecule has 0 radical (unpaired) electrons. The molecule has 0 N–H and O–H groups in total. The van der Waals surface area contributed by atoms with Crippen molar-refractivity contribution >= 4 is 12.2 Å². The molecule has 0 saturated heterocycles. The second-order valence-corrected chi connectivity index (χ2v) is 7.70. The quantitative estimate of drug-likeness (QED) is 0.319. The van der Waals surface area contributed by atoms with E-state index in [0.29, 0.717) is 0 Å². The zero-order chi connectivity index (χ0) is 18.9. The first kappa shape index (κ1) is 19.7. The summed E-state index contributed by atoms with van der Waals surface area (Å²) >= 11 is 0. The Balaban J connectivity index is 1.80. The lowest BCUT2D eigenvalue weighted by Gasteiger charge is -2.13. The van der Waals surface area contributed by atoms with Crippen LogP contribution in [0.3, 0.4) is 0 Å². The van der Waals surface area contributed by atoms with Crippen molar-refractivity contribution in [3.63, 3.8) is 0 Å². The van der Waals surface area contributed by atoms with Crippen molar-refractivity contribution in [3.05, 3.63) is 64.2 Å². The monoisotopic (exact) mass is 362 g/mol. The molecule has 0 atom stereocenters. The maximum atomic E-state index is 5.63. The van der Waals surface area contributed by atoms with Gasteiger partial charge in [0.25, 0.3) is 0 Å². The van der Waals surface area contributed by atoms with Crippen LogP contribution in [0, 0.1) is 0 Å². The van der Waals surface area contributed by atoms with Crippen molar-refractivity contribution in [1.82, 2.24) is 0 Å². The summed E-state index contributed by atoms with van der Waals surface area (Å²) in [5.74, 6) is 1.06. The zero-order valence-corrected chi connectivity index (χ0v) is 17.1. The largest absolute Gasteiger partial charge is 0.493 e. The minimum atomic E-state index is 0.823. The van der Waals surface area contributed by atoms with E-state index in [9.17, 15) is 0 Å². The fourth-order valence-corrected chi connectivity index (χ4v) is 3.96. The van der Waals surface area contributed by atoms with E-state index in [1.165, 1.54) is 68.1 Å². The molecule has 1 aliphatic rings. The van der Waals surface area contributed by atoms with Crippen LogP contribution < -0.4 is 4.74 Å². The number of benzene rings is 2. The van der Waals surface area contributed by atoms with Crippen LogP contribution in [0.15, 0.2) is 36.4 Å². The van der Waals surface area contributed by atoms with Crippen molar-refractivity contribution in [3.8, 4) is 5.75 Å². The number of hydrogen-bond acceptors (Lipinski definition) is 1. The zero-order valence-electron chi connectivity index (χ0n) is 17.1. The Morgan fingerprint density at radius 1 is 0.889 bits per heavy atom. The Morgan fingerprint density at radius 2 is 1.70 bits per heavy atom. The predicted octanol–water partition coefficient (Wildman–Crippen LogP) is 7.26. The van der Waals surface area contributed by atoms with Gasteiger partial charge in [0, 0.05) is 6.42 Å². The number of fused-ring (bicyclic) bond motifs is 1. The maximum Gasteiger partial charge on any atom is 0.122 e. The van der Waals surface area contributed by atoms with Gasteiger partial charge < -0.3 is 4.74 Å². The molecule has 0 amide bonds. The number of hydrogen-bond donors (Lipinski definition) is 0. The normalized spacial score (nSPS) is 13.1. The number of aryl methyl sites for hydroxylation is 1. The fraction of sp³-hybridized carbons (Fsp3) is 0.462. The summed E-state index contributed by atoms with van der Waals surface area (Å²) in [4.78, 5) is 0. The Kier molecular flexibility index (Phi) is 7.56. The molecule has 0 saturated carbocycles. The van der Waals surface area contributed by atoms with Crippen molar-refractivity contribution in [2.45, 2.75) is 71.6 Å². The molecule has 27 heavy (non-hydrogen) atoms. The first-order valence-corrected chi connectivity index (χ1v) is 10.9. The second-order valence-electron chi connectivity index (χ2n) is 7.70. The van der Waals surface area contributed by atoms with E-state index in [1.54, 1.807) is 11.1 Å². The van der Waals surface area contributed by atoms with Gasteiger partial charge in [-0.15, -0.1) is 0 Å². The first-order chi connectivity index (χ1) is 13.3. The van der Waals surface area contributed by atoms with Crippen molar-refractivity contribution in [2.24, 2.45) is 0 Å². The molecule has 1 nitrogen and oxygen atoms in total. The molecule has 0 aliphatic carbocycles. The third kappa shape index (κ3) is 5.48. The highest BCUT2D eigenvalue weighted by molar-refractivity contribution is 5.72. The SMILES string of the molecule is CCCCCc1cccc(C=Cc2ccc3c(c2)CCO3)c1CCCCC. The van der Waals surface area contributed by atoms with Gasteiger partial charge in [-0.3, -0.25) is 0 Å². The van der Waals surface area contributed by atoms with Gasteiger partial charge in [-0.2, -0.15) is 0 Å². The van der Waals surface area contributed by atoms with Gasteiger partial charge >= 0.3 is 0 Å². The highest BCUT2D eigenvalue weighted by Gasteiger charge is 2.11. The highest BCUT2D eigenvalue weighted by Crippen LogP contribution is 2.27. The van der Waals surface area contributed by atoms with Crippen LogP contribution >= 0.6 is 0 Å². The van der Waals surface area contributed by atoms with E-state index in [2.05, 4.69) is 62.4 Å². The number of unbranched alkanes of at least 4 members (excludes halogenated alkanes) is 4. The molecular formula is C26H34O. The second kappa shape index (κ2) is 10.3. The van der Waals surface area contributed by atoms with Gasteiger partial charge in [0.1, 0.15) is 5.75 Å². The predicted molar refractivity (Wildman–Crippen MR) is 117 cm³/mol. The summed E-state index contributed by atoms with van der Waals surface area (Å²) in [5, 5.41) is 0. The third-order valence-corrected chi connectivity index (χ3v) is 5.56. The summed E-state index contributed by atoms with van der Waals surface area (Å²) in [6.07, 6.45) is 15.8. The lowest BCUT2D eigenvalue weighted by molar-refractivity contribution is 0.357. The minimum Gasteiger partial charge on any atom is -0.493 e. The highest BCUT2D eigenvalue weighted by atomic mass is 16.5. The van der Waals surface area contributed by atoms with Gasteiger partial charge in [0.2, 0.25) is 0 Å². The topological polar surface area (TPSA) is 9.23 Å². The lowest BCUT2D eigenvalue weighted by Crippen LogP contribution is -1.98. The summed E-state index contributed by atoms with van der Waals surface area (Å²) in [6.45, 7) is 5.39. The molecule has 2 aromatic carbocycles. The van der Waals surface area contributed by atoms with Gasteiger partial charge in [-0.25, -0.2) is 0 Å². The van der Waals surface area contributed by atoms with Gasteiger partial charge in [-0.1, -0.05) is 75.9 Å². The molecule has 1 aliphatic heterocycles. The molecule has 0 bridgehead atoms. The van der Waals surface area contributed by atoms with E-state index >= 15 is 0 Å². The summed E-state index contributed by atoms with van der Waals surface area (Å²) in [7, 11) is 0. The maximum absolute atomic E-state index is 5.63. The number of ether oxygens (including phenoxy) is 1. The van der Waals surface area contributed by atoms with Crippen LogP contribution in [0.2, 0.25) is 0 Å². The van der Waals surface area contributed by atoms with E-state index in [4.69, 9.17) is 4.74 Å². The molecule has 0 spiro atoms. The average Bonchev–Trinajstić information content (AvgIpc) is 3.16. The van der Waals surface area contributed by atoms with Gasteiger partial charge in [0.15, 0.2) is 0 Å². The molecule has 1 heterocycles. The standard InChI is InChI=1S/C26H34O/c1-3-5-7-10-22-11-9-12-23(25(22)13-8-6-4-2)16-14-21-15-17-26-24(20-21)18-19-27-26/h9,11-12,14-17,20H,3-8,10,13,18-19H2,1-2H3. The summed E-state index contributed by atoms with van der Waals surface area (Å²) < 4.78 is 5.63. The Hall–Kier alpha value is -2.02. The first-order valence-electron chi connectivity index (χ1n) is 10.9. The van der Waals surface area contributed by atoms with Gasteiger partial charge in [-0.05, 0) is 65.6 Å². The molecule has 0 aromatic heterocycles. The average molecular weight is 363 g/mol. The Labute approximate surface area is 165 Å². The molecule has 3 rings (SSSR count). The smallest absolute Gasteiger partial charge is 0.122 e. The van der Waals surface area contributed by atoms with E-state index in [0.717, 1.165) is 18.8 Å². The number of rotatable bonds is 10. The van der Waals surface area contributed by atoms with Crippen LogP contribution in [0.25, 0.3) is 12.2 Å². The Morgan fingerprint density at radius 3 is 2.52 bits per heavy atom. The molecular weight excluding hydrogens is 328 g/mol.